The molecule has 0 spiro atoms. The minimum absolute atomic E-state index is 1.23. The summed E-state index contributed by atoms with van der Waals surface area (Å²) in [7, 11) is 2.02. The molecule has 0 atom stereocenters. The van der Waals surface area contributed by atoms with Crippen LogP contribution in [0.2, 0.25) is 0 Å². The average Bonchev–Trinajstić information content (AvgIpc) is 2.30. The van der Waals surface area contributed by atoms with Crippen LogP contribution in [0.25, 0.3) is 10.9 Å². The Kier molecular flexibility index (Phi) is 1.25. The highest BCUT2D eigenvalue weighted by Crippen LogP contribution is 2.17. The maximum atomic E-state index is 3.23. The van der Waals surface area contributed by atoms with Crippen molar-refractivity contribution in [3.63, 3.8) is 0 Å². The number of hydrogen-bond donors (Lipinski definition) is 0. The zero-order chi connectivity index (χ0) is 7.84. The lowest BCUT2D eigenvalue weighted by Gasteiger charge is -1.92. The molecule has 0 aliphatic heterocycles. The highest BCUT2D eigenvalue weighted by atomic mass is 14.9. The van der Waals surface area contributed by atoms with E-state index in [-0.39, 0.29) is 0 Å². The first-order chi connectivity index (χ1) is 5.29. The van der Waals surface area contributed by atoms with Crippen molar-refractivity contribution >= 4 is 10.9 Å². The molecule has 55 valence electrons. The lowest BCUT2D eigenvalue weighted by molar-refractivity contribution is 0.954. The summed E-state index contributed by atoms with van der Waals surface area (Å²) in [5, 5.41) is 1.30. The number of para-hydroxylation sites is 1. The molecule has 0 aliphatic carbocycles. The molecule has 11 heavy (non-hydrogen) atoms. The van der Waals surface area contributed by atoms with Crippen LogP contribution in [0.1, 0.15) is 5.56 Å². The van der Waals surface area contributed by atoms with Gasteiger partial charge in [0, 0.05) is 18.0 Å². The van der Waals surface area contributed by atoms with Gasteiger partial charge in [-0.25, -0.2) is 0 Å². The molecule has 1 heterocycles. The molecule has 1 radical (unpaired) electrons. The molecule has 1 nitrogen and oxygen atoms in total. The van der Waals surface area contributed by atoms with E-state index in [9.17, 15) is 0 Å². The van der Waals surface area contributed by atoms with E-state index in [0.717, 1.165) is 0 Å². The van der Waals surface area contributed by atoms with E-state index >= 15 is 0 Å². The normalized spacial score (nSPS) is 10.7. The molecule has 0 fully saturated rings. The quantitative estimate of drug-likeness (QED) is 0.534. The van der Waals surface area contributed by atoms with Crippen molar-refractivity contribution in [2.75, 3.05) is 0 Å². The fourth-order valence-corrected chi connectivity index (χ4v) is 1.46. The molecular weight excluding hydrogens is 134 g/mol. The third-order valence-electron chi connectivity index (χ3n) is 2.00. The van der Waals surface area contributed by atoms with Crippen LogP contribution >= 0.6 is 0 Å². The van der Waals surface area contributed by atoms with Gasteiger partial charge in [-0.15, -0.1) is 0 Å². The molecule has 0 unspecified atom stereocenters. The smallest absolute Gasteiger partial charge is 0.0689 e. The van der Waals surface area contributed by atoms with E-state index < -0.39 is 0 Å². The standard InChI is InChI=1S/C10H10N/c1-8-7-11(2)10-6-4-3-5-9(8)10/h3-6H,1-2H3. The van der Waals surface area contributed by atoms with Gasteiger partial charge < -0.3 is 4.57 Å². The first-order valence-corrected chi connectivity index (χ1v) is 3.72. The highest BCUT2D eigenvalue weighted by molar-refractivity contribution is 5.83. The van der Waals surface area contributed by atoms with Crippen molar-refractivity contribution in [2.24, 2.45) is 7.05 Å². The number of aromatic nitrogens is 1. The summed E-state index contributed by atoms with van der Waals surface area (Å²) in [6.07, 6.45) is 3.23. The van der Waals surface area contributed by atoms with Crippen molar-refractivity contribution < 1.29 is 0 Å². The van der Waals surface area contributed by atoms with Gasteiger partial charge in [-0.3, -0.25) is 0 Å². The Morgan fingerprint density at radius 1 is 1.27 bits per heavy atom. The first kappa shape index (κ1) is 6.47. The molecule has 1 heteroatoms. The second-order valence-electron chi connectivity index (χ2n) is 2.81. The topological polar surface area (TPSA) is 4.93 Å². The van der Waals surface area contributed by atoms with E-state index in [2.05, 4.69) is 37.4 Å². The summed E-state index contributed by atoms with van der Waals surface area (Å²) in [6, 6.07) is 8.35. The Balaban J connectivity index is 2.95. The fraction of sp³-hybridized carbons (Fsp3) is 0.200. The van der Waals surface area contributed by atoms with Crippen LogP contribution in [0.3, 0.4) is 0 Å². The number of hydrogen-bond acceptors (Lipinski definition) is 0. The van der Waals surface area contributed by atoms with Crippen molar-refractivity contribution in [3.8, 4) is 0 Å². The summed E-state index contributed by atoms with van der Waals surface area (Å²) < 4.78 is 2.03. The van der Waals surface area contributed by atoms with Crippen LogP contribution in [-0.2, 0) is 7.05 Å². The van der Waals surface area contributed by atoms with Crippen LogP contribution in [-0.4, -0.2) is 4.57 Å². The minimum Gasteiger partial charge on any atom is -0.342 e. The molecule has 1 aromatic heterocycles. The zero-order valence-corrected chi connectivity index (χ0v) is 6.76. The minimum atomic E-state index is 1.23. The number of aryl methyl sites for hydroxylation is 2. The van der Waals surface area contributed by atoms with Crippen LogP contribution in [0.15, 0.2) is 24.3 Å². The lowest BCUT2D eigenvalue weighted by Crippen LogP contribution is -1.82. The summed E-state index contributed by atoms with van der Waals surface area (Å²) >= 11 is 0. The average molecular weight is 144 g/mol. The summed E-state index contributed by atoms with van der Waals surface area (Å²) in [4.78, 5) is 0. The van der Waals surface area contributed by atoms with Crippen molar-refractivity contribution in [2.45, 2.75) is 6.92 Å². The van der Waals surface area contributed by atoms with Gasteiger partial charge in [0.2, 0.25) is 0 Å². The molecular formula is C10H10N. The van der Waals surface area contributed by atoms with Crippen molar-refractivity contribution in [1.82, 2.24) is 4.57 Å². The van der Waals surface area contributed by atoms with Crippen molar-refractivity contribution in [1.29, 1.82) is 0 Å². The van der Waals surface area contributed by atoms with Gasteiger partial charge in [0.15, 0.2) is 0 Å². The predicted molar refractivity (Wildman–Crippen MR) is 46.5 cm³/mol. The van der Waals surface area contributed by atoms with Gasteiger partial charge in [-0.05, 0) is 18.6 Å². The van der Waals surface area contributed by atoms with Crippen molar-refractivity contribution in [3.05, 3.63) is 36.0 Å². The highest BCUT2D eigenvalue weighted by Gasteiger charge is 1.99. The number of nitrogens with zero attached hydrogens (tertiary/aromatic N) is 1. The van der Waals surface area contributed by atoms with Gasteiger partial charge in [0.05, 0.1) is 6.20 Å². The maximum absolute atomic E-state index is 3.23. The van der Waals surface area contributed by atoms with E-state index in [4.69, 9.17) is 0 Å². The SMILES string of the molecule is Cc1[c]n(C)c2ccccc12. The number of fused-ring (bicyclic) bond motifs is 1. The fourth-order valence-electron chi connectivity index (χ4n) is 1.46. The van der Waals surface area contributed by atoms with Gasteiger partial charge in [0.1, 0.15) is 0 Å². The van der Waals surface area contributed by atoms with Gasteiger partial charge >= 0.3 is 0 Å². The molecule has 1 aromatic carbocycles. The second-order valence-corrected chi connectivity index (χ2v) is 2.81. The Hall–Kier alpha value is -1.24. The van der Waals surface area contributed by atoms with E-state index in [1.807, 2.05) is 11.6 Å². The molecule has 0 saturated heterocycles. The Labute approximate surface area is 66.3 Å². The zero-order valence-electron chi connectivity index (χ0n) is 6.76. The number of rotatable bonds is 0. The number of benzene rings is 1. The Morgan fingerprint density at radius 3 is 2.73 bits per heavy atom. The molecule has 0 N–H and O–H groups in total. The first-order valence-electron chi connectivity index (χ1n) is 3.72. The van der Waals surface area contributed by atoms with Crippen LogP contribution in [0.5, 0.6) is 0 Å². The van der Waals surface area contributed by atoms with Crippen LogP contribution in [0.4, 0.5) is 0 Å². The Morgan fingerprint density at radius 2 is 2.00 bits per heavy atom. The maximum Gasteiger partial charge on any atom is 0.0689 e. The molecule has 0 aliphatic rings. The van der Waals surface area contributed by atoms with E-state index in [0.29, 0.717) is 0 Å². The molecule has 0 amide bonds. The molecule has 2 rings (SSSR count). The lowest BCUT2D eigenvalue weighted by atomic mass is 10.2. The molecule has 2 aromatic rings. The summed E-state index contributed by atoms with van der Waals surface area (Å²) in [5.74, 6) is 0. The van der Waals surface area contributed by atoms with Gasteiger partial charge in [0.25, 0.3) is 0 Å². The third-order valence-corrected chi connectivity index (χ3v) is 2.00. The Bertz CT molecular complexity index is 349. The largest absolute Gasteiger partial charge is 0.342 e. The monoisotopic (exact) mass is 144 g/mol. The van der Waals surface area contributed by atoms with Gasteiger partial charge in [-0.2, -0.15) is 0 Å². The summed E-state index contributed by atoms with van der Waals surface area (Å²) in [6.45, 7) is 2.09. The summed E-state index contributed by atoms with van der Waals surface area (Å²) in [5.41, 5.74) is 2.48. The van der Waals surface area contributed by atoms with Crippen LogP contribution < -0.4 is 0 Å². The third kappa shape index (κ3) is 0.845. The van der Waals surface area contributed by atoms with Crippen LogP contribution in [0, 0.1) is 13.1 Å². The van der Waals surface area contributed by atoms with Gasteiger partial charge in [-0.1, -0.05) is 18.2 Å². The van der Waals surface area contributed by atoms with E-state index in [1.54, 1.807) is 0 Å². The van der Waals surface area contributed by atoms with E-state index in [1.165, 1.54) is 16.5 Å². The second kappa shape index (κ2) is 2.12. The predicted octanol–water partition coefficient (Wildman–Crippen LogP) is 2.29. The molecule has 0 bridgehead atoms. The molecule has 0 saturated carbocycles.